The van der Waals surface area contributed by atoms with E-state index in [1.165, 1.54) is 0 Å². The molecular formula is C22H26N2O7. The zero-order valence-electron chi connectivity index (χ0n) is 17.3. The first-order valence-electron chi connectivity index (χ1n) is 10.1. The molecule has 0 unspecified atom stereocenters. The molecule has 0 bridgehead atoms. The average Bonchev–Trinajstić information content (AvgIpc) is 3.02. The highest BCUT2D eigenvalue weighted by molar-refractivity contribution is 5.95. The summed E-state index contributed by atoms with van der Waals surface area (Å²) in [6, 6.07) is 9.36. The molecule has 1 heterocycles. The lowest BCUT2D eigenvalue weighted by Gasteiger charge is -2.22. The number of amides is 2. The van der Waals surface area contributed by atoms with Gasteiger partial charge in [0.15, 0.2) is 35.4 Å². The molecule has 9 nitrogen and oxygen atoms in total. The molecule has 0 aliphatic carbocycles. The summed E-state index contributed by atoms with van der Waals surface area (Å²) >= 11 is 0. The smallest absolute Gasteiger partial charge is 0.260 e. The van der Waals surface area contributed by atoms with Crippen LogP contribution in [0.5, 0.6) is 28.7 Å². The highest BCUT2D eigenvalue weighted by atomic mass is 16.5. The van der Waals surface area contributed by atoms with Crippen LogP contribution in [0.25, 0.3) is 0 Å². The van der Waals surface area contributed by atoms with Crippen LogP contribution in [0.15, 0.2) is 36.4 Å². The van der Waals surface area contributed by atoms with Crippen LogP contribution in [0, 0.1) is 0 Å². The van der Waals surface area contributed by atoms with Gasteiger partial charge >= 0.3 is 0 Å². The van der Waals surface area contributed by atoms with Gasteiger partial charge in [-0.15, -0.1) is 0 Å². The maximum atomic E-state index is 12.7. The number of hydrogen-bond donors (Lipinski definition) is 3. The SMILES string of the molecule is CCOc1ccccc1OCC(=O)N1CCCN(C(=O)c2cc(O)c(O)c(O)c2)CC1. The number of para-hydroxylation sites is 2. The standard InChI is InChI=1S/C22H26N2O7/c1-2-30-18-6-3-4-7-19(18)31-14-20(27)23-8-5-9-24(11-10-23)22(29)15-12-16(25)21(28)17(26)13-15/h3-4,6-7,12-13,25-26,28H,2,5,8-11,14H2,1H3. The highest BCUT2D eigenvalue weighted by Crippen LogP contribution is 2.35. The summed E-state index contributed by atoms with van der Waals surface area (Å²) in [5, 5.41) is 28.8. The van der Waals surface area contributed by atoms with E-state index in [2.05, 4.69) is 0 Å². The van der Waals surface area contributed by atoms with Gasteiger partial charge in [-0.25, -0.2) is 0 Å². The van der Waals surface area contributed by atoms with Crippen molar-refractivity contribution in [2.24, 2.45) is 0 Å². The van der Waals surface area contributed by atoms with E-state index in [1.54, 1.807) is 28.0 Å². The van der Waals surface area contributed by atoms with Crippen molar-refractivity contribution in [3.05, 3.63) is 42.0 Å². The molecule has 0 spiro atoms. The summed E-state index contributed by atoms with van der Waals surface area (Å²) in [7, 11) is 0. The lowest BCUT2D eigenvalue weighted by atomic mass is 10.1. The number of phenols is 3. The van der Waals surface area contributed by atoms with E-state index in [4.69, 9.17) is 9.47 Å². The van der Waals surface area contributed by atoms with Gasteiger partial charge in [-0.3, -0.25) is 9.59 Å². The third-order valence-corrected chi connectivity index (χ3v) is 4.95. The van der Waals surface area contributed by atoms with Crippen molar-refractivity contribution in [1.82, 2.24) is 9.80 Å². The summed E-state index contributed by atoms with van der Waals surface area (Å²) in [4.78, 5) is 28.6. The Labute approximate surface area is 180 Å². The maximum Gasteiger partial charge on any atom is 0.260 e. The molecule has 1 fully saturated rings. The Morgan fingerprint density at radius 2 is 1.48 bits per heavy atom. The van der Waals surface area contributed by atoms with Gasteiger partial charge in [-0.05, 0) is 37.6 Å². The van der Waals surface area contributed by atoms with Gasteiger partial charge in [-0.1, -0.05) is 12.1 Å². The van der Waals surface area contributed by atoms with Crippen LogP contribution >= 0.6 is 0 Å². The van der Waals surface area contributed by atoms with Crippen LogP contribution in [-0.2, 0) is 4.79 Å². The lowest BCUT2D eigenvalue weighted by Crippen LogP contribution is -2.39. The molecule has 0 saturated carbocycles. The average molecular weight is 430 g/mol. The van der Waals surface area contributed by atoms with E-state index < -0.39 is 23.2 Å². The monoisotopic (exact) mass is 430 g/mol. The first kappa shape index (κ1) is 22.1. The van der Waals surface area contributed by atoms with Gasteiger partial charge in [0.05, 0.1) is 6.61 Å². The predicted molar refractivity (Wildman–Crippen MR) is 112 cm³/mol. The third-order valence-electron chi connectivity index (χ3n) is 4.95. The molecule has 3 N–H and O–H groups in total. The molecule has 2 aromatic rings. The van der Waals surface area contributed by atoms with Crippen LogP contribution in [0.4, 0.5) is 0 Å². The van der Waals surface area contributed by atoms with Crippen molar-refractivity contribution in [1.29, 1.82) is 0 Å². The molecule has 0 atom stereocenters. The summed E-state index contributed by atoms with van der Waals surface area (Å²) in [5.74, 6) is -1.33. The minimum absolute atomic E-state index is 0.0587. The van der Waals surface area contributed by atoms with Crippen molar-refractivity contribution in [2.75, 3.05) is 39.4 Å². The first-order chi connectivity index (χ1) is 14.9. The number of carbonyl (C=O) groups excluding carboxylic acids is 2. The van der Waals surface area contributed by atoms with Crippen molar-refractivity contribution in [3.63, 3.8) is 0 Å². The summed E-state index contributed by atoms with van der Waals surface area (Å²) in [6.45, 7) is 3.73. The van der Waals surface area contributed by atoms with Crippen molar-refractivity contribution < 1.29 is 34.4 Å². The zero-order valence-corrected chi connectivity index (χ0v) is 17.3. The minimum Gasteiger partial charge on any atom is -0.504 e. The fourth-order valence-corrected chi connectivity index (χ4v) is 3.36. The van der Waals surface area contributed by atoms with Gasteiger partial charge < -0.3 is 34.6 Å². The molecule has 31 heavy (non-hydrogen) atoms. The predicted octanol–water partition coefficient (Wildman–Crippen LogP) is 1.96. The number of aromatic hydroxyl groups is 3. The number of hydrogen-bond acceptors (Lipinski definition) is 7. The third kappa shape index (κ3) is 5.30. The van der Waals surface area contributed by atoms with Crippen LogP contribution in [0.2, 0.25) is 0 Å². The maximum absolute atomic E-state index is 12.7. The Kier molecular flexibility index (Phi) is 7.07. The van der Waals surface area contributed by atoms with Crippen molar-refractivity contribution in [2.45, 2.75) is 13.3 Å². The summed E-state index contributed by atoms with van der Waals surface area (Å²) in [5.41, 5.74) is 0.0587. The Morgan fingerprint density at radius 3 is 2.13 bits per heavy atom. The fraction of sp³-hybridized carbons (Fsp3) is 0.364. The van der Waals surface area contributed by atoms with E-state index in [1.807, 2.05) is 13.0 Å². The van der Waals surface area contributed by atoms with E-state index in [-0.39, 0.29) is 18.1 Å². The quantitative estimate of drug-likeness (QED) is 0.599. The summed E-state index contributed by atoms with van der Waals surface area (Å²) in [6.07, 6.45) is 0.572. The molecule has 3 rings (SSSR count). The molecule has 1 saturated heterocycles. The van der Waals surface area contributed by atoms with E-state index in [0.29, 0.717) is 50.7 Å². The Balaban J connectivity index is 1.58. The van der Waals surface area contributed by atoms with Gasteiger partial charge in [-0.2, -0.15) is 0 Å². The van der Waals surface area contributed by atoms with Crippen LogP contribution < -0.4 is 9.47 Å². The lowest BCUT2D eigenvalue weighted by molar-refractivity contribution is -0.133. The molecule has 9 heteroatoms. The number of nitrogens with zero attached hydrogens (tertiary/aromatic N) is 2. The Bertz CT molecular complexity index is 924. The Morgan fingerprint density at radius 1 is 0.903 bits per heavy atom. The van der Waals surface area contributed by atoms with Crippen molar-refractivity contribution in [3.8, 4) is 28.7 Å². The minimum atomic E-state index is -0.671. The zero-order chi connectivity index (χ0) is 22.4. The van der Waals surface area contributed by atoms with Gasteiger partial charge in [0.1, 0.15) is 0 Å². The molecule has 0 radical (unpaired) electrons. The topological polar surface area (TPSA) is 120 Å². The van der Waals surface area contributed by atoms with Crippen LogP contribution in [0.3, 0.4) is 0 Å². The van der Waals surface area contributed by atoms with Crippen LogP contribution in [0.1, 0.15) is 23.7 Å². The summed E-state index contributed by atoms with van der Waals surface area (Å²) < 4.78 is 11.1. The molecule has 1 aliphatic heterocycles. The molecular weight excluding hydrogens is 404 g/mol. The van der Waals surface area contributed by atoms with Gasteiger partial charge in [0.2, 0.25) is 0 Å². The first-order valence-corrected chi connectivity index (χ1v) is 10.1. The van der Waals surface area contributed by atoms with Gasteiger partial charge in [0.25, 0.3) is 11.8 Å². The fourth-order valence-electron chi connectivity index (χ4n) is 3.36. The van der Waals surface area contributed by atoms with Gasteiger partial charge in [0, 0.05) is 31.7 Å². The number of rotatable bonds is 6. The number of ether oxygens (including phenoxy) is 2. The second-order valence-corrected chi connectivity index (χ2v) is 7.06. The van der Waals surface area contributed by atoms with Crippen LogP contribution in [-0.4, -0.2) is 76.3 Å². The molecule has 2 amide bonds. The molecule has 166 valence electrons. The normalized spacial score (nSPS) is 14.1. The Hall–Kier alpha value is -3.62. The largest absolute Gasteiger partial charge is 0.504 e. The molecule has 1 aliphatic rings. The molecule has 0 aromatic heterocycles. The molecule has 2 aromatic carbocycles. The number of benzene rings is 2. The van der Waals surface area contributed by atoms with E-state index in [9.17, 15) is 24.9 Å². The second-order valence-electron chi connectivity index (χ2n) is 7.06. The second kappa shape index (κ2) is 9.92. The highest BCUT2D eigenvalue weighted by Gasteiger charge is 2.24. The number of phenolic OH excluding ortho intramolecular Hbond substituents is 3. The number of carbonyl (C=O) groups is 2. The van der Waals surface area contributed by atoms with E-state index >= 15 is 0 Å². The van der Waals surface area contributed by atoms with E-state index in [0.717, 1.165) is 12.1 Å². The van der Waals surface area contributed by atoms with Crippen molar-refractivity contribution >= 4 is 11.8 Å².